The maximum atomic E-state index is 12.3. The van der Waals surface area contributed by atoms with E-state index in [1.807, 2.05) is 6.08 Å². The van der Waals surface area contributed by atoms with Crippen molar-refractivity contribution in [3.8, 4) is 0 Å². The van der Waals surface area contributed by atoms with Crippen LogP contribution in [0.1, 0.15) is 40.0 Å². The number of rotatable bonds is 0. The van der Waals surface area contributed by atoms with Crippen LogP contribution in [0, 0.1) is 11.3 Å². The molecule has 0 aromatic heterocycles. The Labute approximate surface area is 112 Å². The lowest BCUT2D eigenvalue weighted by Gasteiger charge is -2.38. The summed E-state index contributed by atoms with van der Waals surface area (Å²) in [5.41, 5.74) is 1.92. The van der Waals surface area contributed by atoms with E-state index in [-0.39, 0.29) is 17.4 Å². The smallest absolute Gasteiger partial charge is 0.337 e. The summed E-state index contributed by atoms with van der Waals surface area (Å²) in [4.78, 5) is 23.9. The highest BCUT2D eigenvalue weighted by molar-refractivity contribution is 5.95. The van der Waals surface area contributed by atoms with E-state index in [0.29, 0.717) is 17.9 Å². The number of esters is 2. The first kappa shape index (κ1) is 12.5. The van der Waals surface area contributed by atoms with Gasteiger partial charge in [-0.1, -0.05) is 19.9 Å². The van der Waals surface area contributed by atoms with Gasteiger partial charge in [-0.2, -0.15) is 0 Å². The molecule has 4 heteroatoms. The van der Waals surface area contributed by atoms with Crippen molar-refractivity contribution in [1.29, 1.82) is 0 Å². The van der Waals surface area contributed by atoms with Gasteiger partial charge in [0.25, 0.3) is 6.29 Å². The molecule has 3 atom stereocenters. The van der Waals surface area contributed by atoms with Gasteiger partial charge in [0.2, 0.25) is 0 Å². The van der Waals surface area contributed by atoms with Crippen LogP contribution in [0.2, 0.25) is 0 Å². The lowest BCUT2D eigenvalue weighted by molar-refractivity contribution is -0.170. The lowest BCUT2D eigenvalue weighted by atomic mass is 9.64. The molecule has 2 heterocycles. The summed E-state index contributed by atoms with van der Waals surface area (Å²) in [6.45, 7) is 6.00. The zero-order valence-corrected chi connectivity index (χ0v) is 11.5. The topological polar surface area (TPSA) is 52.6 Å². The Hall–Kier alpha value is -1.58. The average molecular weight is 262 g/mol. The molecule has 3 aliphatic rings. The highest BCUT2D eigenvalue weighted by Crippen LogP contribution is 2.50. The molecular weight excluding hydrogens is 244 g/mol. The van der Waals surface area contributed by atoms with Crippen molar-refractivity contribution < 1.29 is 19.1 Å². The molecule has 0 radical (unpaired) electrons. The van der Waals surface area contributed by atoms with Gasteiger partial charge >= 0.3 is 11.9 Å². The van der Waals surface area contributed by atoms with E-state index in [0.717, 1.165) is 24.0 Å². The second-order valence-corrected chi connectivity index (χ2v) is 5.98. The number of carbonyl (C=O) groups excluding carboxylic acids is 2. The van der Waals surface area contributed by atoms with Gasteiger partial charge in [0.1, 0.15) is 0 Å². The summed E-state index contributed by atoms with van der Waals surface area (Å²) in [6.07, 6.45) is 3.80. The largest absolute Gasteiger partial charge is 0.418 e. The minimum Gasteiger partial charge on any atom is -0.418 e. The predicted molar refractivity (Wildman–Crippen MR) is 67.9 cm³/mol. The Bertz CT molecular complexity index is 528. The van der Waals surface area contributed by atoms with Crippen LogP contribution in [0.25, 0.3) is 0 Å². The standard InChI is InChI=1S/C15H18O4/c1-8-5-4-6-11-13(17)19-14-10(7-15(8,11)3)9(2)12(16)18-14/h6,8,14H,4-5,7H2,1-3H3/t8-,14-,15+/m0/s1. The molecule has 1 fully saturated rings. The molecule has 0 bridgehead atoms. The zero-order valence-electron chi connectivity index (χ0n) is 11.5. The first-order chi connectivity index (χ1) is 8.93. The number of fused-ring (bicyclic) bond motifs is 2. The number of ether oxygens (including phenoxy) is 2. The quantitative estimate of drug-likeness (QED) is 0.629. The fourth-order valence-corrected chi connectivity index (χ4v) is 3.31. The molecule has 0 aromatic carbocycles. The van der Waals surface area contributed by atoms with Crippen LogP contribution in [0.4, 0.5) is 0 Å². The Balaban J connectivity index is 2.11. The maximum Gasteiger partial charge on any atom is 0.337 e. The van der Waals surface area contributed by atoms with Crippen LogP contribution in [0.5, 0.6) is 0 Å². The van der Waals surface area contributed by atoms with E-state index in [9.17, 15) is 9.59 Å². The Morgan fingerprint density at radius 1 is 1.26 bits per heavy atom. The van der Waals surface area contributed by atoms with Gasteiger partial charge in [0, 0.05) is 22.1 Å². The van der Waals surface area contributed by atoms with Crippen LogP contribution >= 0.6 is 0 Å². The van der Waals surface area contributed by atoms with Crippen LogP contribution in [-0.4, -0.2) is 18.2 Å². The molecule has 0 N–H and O–H groups in total. The van der Waals surface area contributed by atoms with Gasteiger partial charge in [-0.3, -0.25) is 0 Å². The average Bonchev–Trinajstić information content (AvgIpc) is 2.54. The van der Waals surface area contributed by atoms with Crippen molar-refractivity contribution in [3.05, 3.63) is 22.8 Å². The van der Waals surface area contributed by atoms with Gasteiger partial charge in [-0.05, 0) is 32.1 Å². The van der Waals surface area contributed by atoms with Crippen LogP contribution < -0.4 is 0 Å². The zero-order chi connectivity index (χ0) is 13.8. The monoisotopic (exact) mass is 262 g/mol. The molecule has 19 heavy (non-hydrogen) atoms. The SMILES string of the molecule is CC1=C2C[C@@]3(C)C(=CCC[C@@H]3C)C(=O)O[C@@H]2OC1=O. The molecular formula is C15H18O4. The van der Waals surface area contributed by atoms with E-state index in [1.165, 1.54) is 0 Å². The first-order valence-corrected chi connectivity index (χ1v) is 6.75. The summed E-state index contributed by atoms with van der Waals surface area (Å²) in [6, 6.07) is 0. The molecule has 0 spiro atoms. The van der Waals surface area contributed by atoms with Crippen LogP contribution in [-0.2, 0) is 19.1 Å². The van der Waals surface area contributed by atoms with Crippen molar-refractivity contribution in [2.75, 3.05) is 0 Å². The number of carbonyl (C=O) groups is 2. The van der Waals surface area contributed by atoms with Crippen molar-refractivity contribution >= 4 is 11.9 Å². The van der Waals surface area contributed by atoms with Gasteiger partial charge in [-0.25, -0.2) is 9.59 Å². The Morgan fingerprint density at radius 3 is 2.68 bits per heavy atom. The fourth-order valence-electron chi connectivity index (χ4n) is 3.31. The molecule has 102 valence electrons. The van der Waals surface area contributed by atoms with Crippen molar-refractivity contribution in [2.24, 2.45) is 11.3 Å². The third-order valence-electron chi connectivity index (χ3n) is 4.93. The van der Waals surface area contributed by atoms with E-state index in [1.54, 1.807) is 6.92 Å². The lowest BCUT2D eigenvalue weighted by Crippen LogP contribution is -2.33. The molecule has 4 nitrogen and oxygen atoms in total. The molecule has 0 amide bonds. The summed E-state index contributed by atoms with van der Waals surface area (Å²) in [7, 11) is 0. The highest BCUT2D eigenvalue weighted by Gasteiger charge is 2.49. The van der Waals surface area contributed by atoms with Crippen LogP contribution in [0.15, 0.2) is 22.8 Å². The third-order valence-corrected chi connectivity index (χ3v) is 4.93. The van der Waals surface area contributed by atoms with E-state index < -0.39 is 6.29 Å². The predicted octanol–water partition coefficient (Wildman–Crippen LogP) is 2.50. The van der Waals surface area contributed by atoms with Gasteiger partial charge in [0.05, 0.1) is 0 Å². The Morgan fingerprint density at radius 2 is 1.95 bits per heavy atom. The molecule has 0 aromatic rings. The first-order valence-electron chi connectivity index (χ1n) is 6.75. The third kappa shape index (κ3) is 1.66. The summed E-state index contributed by atoms with van der Waals surface area (Å²) in [5.74, 6) is -0.321. The highest BCUT2D eigenvalue weighted by atomic mass is 16.7. The van der Waals surface area contributed by atoms with Gasteiger partial charge in [0.15, 0.2) is 0 Å². The molecule has 3 rings (SSSR count). The normalized spacial score (nSPS) is 37.9. The second kappa shape index (κ2) is 3.95. The second-order valence-electron chi connectivity index (χ2n) is 5.98. The molecule has 0 saturated carbocycles. The van der Waals surface area contributed by atoms with Gasteiger partial charge < -0.3 is 9.47 Å². The van der Waals surface area contributed by atoms with Crippen molar-refractivity contribution in [3.63, 3.8) is 0 Å². The summed E-state index contributed by atoms with van der Waals surface area (Å²) >= 11 is 0. The van der Waals surface area contributed by atoms with E-state index >= 15 is 0 Å². The fraction of sp³-hybridized carbons (Fsp3) is 0.600. The number of hydrogen-bond donors (Lipinski definition) is 0. The molecule has 0 unspecified atom stereocenters. The van der Waals surface area contributed by atoms with Crippen LogP contribution in [0.3, 0.4) is 0 Å². The minimum atomic E-state index is -0.810. The number of allylic oxidation sites excluding steroid dienone is 1. The van der Waals surface area contributed by atoms with E-state index in [4.69, 9.17) is 9.47 Å². The van der Waals surface area contributed by atoms with Gasteiger partial charge in [-0.15, -0.1) is 0 Å². The molecule has 1 saturated heterocycles. The summed E-state index contributed by atoms with van der Waals surface area (Å²) < 4.78 is 10.5. The molecule has 1 aliphatic carbocycles. The Kier molecular flexibility index (Phi) is 2.59. The minimum absolute atomic E-state index is 0.255. The summed E-state index contributed by atoms with van der Waals surface area (Å²) in [5, 5.41) is 0. The van der Waals surface area contributed by atoms with Crippen molar-refractivity contribution in [1.82, 2.24) is 0 Å². The number of hydrogen-bond acceptors (Lipinski definition) is 4. The molecule has 2 aliphatic heterocycles. The van der Waals surface area contributed by atoms with E-state index in [2.05, 4.69) is 13.8 Å². The maximum absolute atomic E-state index is 12.3. The van der Waals surface area contributed by atoms with Crippen molar-refractivity contribution in [2.45, 2.75) is 46.3 Å².